The van der Waals surface area contributed by atoms with Crippen molar-refractivity contribution in [3.8, 4) is 0 Å². The zero-order valence-electron chi connectivity index (χ0n) is 12.5. The second-order valence-electron chi connectivity index (χ2n) is 5.96. The van der Waals surface area contributed by atoms with Crippen molar-refractivity contribution in [2.75, 3.05) is 0 Å². The lowest BCUT2D eigenvalue weighted by molar-refractivity contribution is -0.149. The molecule has 21 heavy (non-hydrogen) atoms. The highest BCUT2D eigenvalue weighted by Crippen LogP contribution is 2.40. The molecule has 1 N–H and O–H groups in total. The summed E-state index contributed by atoms with van der Waals surface area (Å²) in [7, 11) is 0. The fourth-order valence-corrected chi connectivity index (χ4v) is 3.05. The first-order chi connectivity index (χ1) is 10.1. The maximum atomic E-state index is 11.8. The topological polar surface area (TPSA) is 68.0 Å². The van der Waals surface area contributed by atoms with E-state index in [0.717, 1.165) is 29.7 Å². The van der Waals surface area contributed by atoms with Crippen molar-refractivity contribution in [1.29, 1.82) is 0 Å². The molecule has 0 amide bonds. The number of aromatic nitrogens is 3. The first-order valence-corrected chi connectivity index (χ1v) is 7.65. The minimum absolute atomic E-state index is 0.479. The van der Waals surface area contributed by atoms with Crippen LogP contribution in [-0.4, -0.2) is 25.6 Å². The summed E-state index contributed by atoms with van der Waals surface area (Å²) in [5.74, 6) is 0.173. The van der Waals surface area contributed by atoms with E-state index < -0.39 is 11.4 Å². The van der Waals surface area contributed by atoms with Crippen molar-refractivity contribution < 1.29 is 9.90 Å². The molecule has 0 aromatic carbocycles. The quantitative estimate of drug-likeness (QED) is 0.886. The Kier molecular flexibility index (Phi) is 3.43. The van der Waals surface area contributed by atoms with Gasteiger partial charge in [0.15, 0.2) is 0 Å². The van der Waals surface area contributed by atoms with Gasteiger partial charge < -0.3 is 9.67 Å². The van der Waals surface area contributed by atoms with Crippen molar-refractivity contribution in [2.24, 2.45) is 5.41 Å². The molecular formula is C16H21N3O2. The normalized spacial score (nSPS) is 15.5. The molecule has 0 unspecified atom stereocenters. The maximum absolute atomic E-state index is 11.8. The number of hydrogen-bond acceptors (Lipinski definition) is 3. The number of carbonyl (C=O) groups is 1. The minimum atomic E-state index is -0.722. The molecule has 1 fully saturated rings. The summed E-state index contributed by atoms with van der Waals surface area (Å²) in [5, 5.41) is 9.66. The Morgan fingerprint density at radius 2 is 2.14 bits per heavy atom. The summed E-state index contributed by atoms with van der Waals surface area (Å²) in [5.41, 5.74) is 1.22. The van der Waals surface area contributed by atoms with E-state index in [1.54, 1.807) is 12.4 Å². The average Bonchev–Trinajstić information content (AvgIpc) is 3.25. The summed E-state index contributed by atoms with van der Waals surface area (Å²) in [4.78, 5) is 20.6. The maximum Gasteiger partial charge on any atom is 0.310 e. The van der Waals surface area contributed by atoms with E-state index in [1.165, 1.54) is 0 Å². The fourth-order valence-electron chi connectivity index (χ4n) is 3.05. The number of nitrogens with zero attached hydrogens (tertiary/aromatic N) is 3. The minimum Gasteiger partial charge on any atom is -0.481 e. The summed E-state index contributed by atoms with van der Waals surface area (Å²) in [6, 6.07) is 2.46. The van der Waals surface area contributed by atoms with E-state index in [0.29, 0.717) is 25.3 Å². The molecule has 1 aliphatic carbocycles. The number of fused-ring (bicyclic) bond motifs is 1. The highest BCUT2D eigenvalue weighted by molar-refractivity contribution is 5.77. The van der Waals surface area contributed by atoms with Crippen LogP contribution in [0.4, 0.5) is 0 Å². The molecular weight excluding hydrogens is 266 g/mol. The number of pyridine rings is 1. The third-order valence-electron chi connectivity index (χ3n) is 4.78. The van der Waals surface area contributed by atoms with E-state index >= 15 is 0 Å². The van der Waals surface area contributed by atoms with Gasteiger partial charge in [-0.2, -0.15) is 0 Å². The lowest BCUT2D eigenvalue weighted by Crippen LogP contribution is -2.33. The highest BCUT2D eigenvalue weighted by atomic mass is 16.4. The number of aliphatic carboxylic acids is 1. The molecule has 0 aliphatic heterocycles. The van der Waals surface area contributed by atoms with Crippen LogP contribution in [-0.2, 0) is 11.2 Å². The molecule has 112 valence electrons. The van der Waals surface area contributed by atoms with Gasteiger partial charge in [-0.25, -0.2) is 4.98 Å². The molecule has 5 heteroatoms. The van der Waals surface area contributed by atoms with Gasteiger partial charge in [-0.05, 0) is 31.7 Å². The van der Waals surface area contributed by atoms with Gasteiger partial charge in [-0.15, -0.1) is 0 Å². The van der Waals surface area contributed by atoms with Crippen molar-refractivity contribution in [3.05, 3.63) is 24.3 Å². The Morgan fingerprint density at radius 3 is 2.71 bits per heavy atom. The monoisotopic (exact) mass is 287 g/mol. The summed E-state index contributed by atoms with van der Waals surface area (Å²) >= 11 is 0. The van der Waals surface area contributed by atoms with Gasteiger partial charge in [-0.1, -0.05) is 13.8 Å². The molecule has 0 spiro atoms. The van der Waals surface area contributed by atoms with E-state index in [4.69, 9.17) is 0 Å². The van der Waals surface area contributed by atoms with E-state index in [1.807, 2.05) is 19.9 Å². The molecule has 0 radical (unpaired) electrons. The number of rotatable bonds is 6. The first-order valence-electron chi connectivity index (χ1n) is 7.65. The van der Waals surface area contributed by atoms with Crippen LogP contribution < -0.4 is 0 Å². The zero-order valence-corrected chi connectivity index (χ0v) is 12.5. The van der Waals surface area contributed by atoms with Gasteiger partial charge in [0.05, 0.1) is 17.1 Å². The highest BCUT2D eigenvalue weighted by Gasteiger charge is 2.38. The Labute approximate surface area is 124 Å². The van der Waals surface area contributed by atoms with Crippen LogP contribution in [0, 0.1) is 5.41 Å². The van der Waals surface area contributed by atoms with Crippen molar-refractivity contribution in [2.45, 2.75) is 52.0 Å². The predicted molar refractivity (Wildman–Crippen MR) is 80.2 cm³/mol. The largest absolute Gasteiger partial charge is 0.481 e. The van der Waals surface area contributed by atoms with Crippen LogP contribution in [0.1, 0.15) is 51.4 Å². The molecule has 1 saturated carbocycles. The third kappa shape index (κ3) is 2.30. The molecule has 1 aliphatic rings. The molecule has 2 aromatic heterocycles. The summed E-state index contributed by atoms with van der Waals surface area (Å²) in [6.07, 6.45) is 7.56. The average molecular weight is 287 g/mol. The van der Waals surface area contributed by atoms with Crippen LogP contribution in [0.3, 0.4) is 0 Å². The second kappa shape index (κ2) is 5.13. The number of imidazole rings is 1. The number of carboxylic acid groups (broad SMARTS) is 1. The Morgan fingerprint density at radius 1 is 1.43 bits per heavy atom. The van der Waals surface area contributed by atoms with Gasteiger partial charge >= 0.3 is 5.97 Å². The van der Waals surface area contributed by atoms with Crippen LogP contribution in [0.5, 0.6) is 0 Å². The predicted octanol–water partition coefficient (Wildman–Crippen LogP) is 3.20. The fraction of sp³-hybridized carbons (Fsp3) is 0.562. The van der Waals surface area contributed by atoms with Gasteiger partial charge in [0, 0.05) is 18.7 Å². The van der Waals surface area contributed by atoms with Crippen LogP contribution in [0.15, 0.2) is 18.5 Å². The third-order valence-corrected chi connectivity index (χ3v) is 4.78. The molecule has 0 bridgehead atoms. The van der Waals surface area contributed by atoms with E-state index in [-0.39, 0.29) is 0 Å². The standard InChI is InChI=1S/C16H21N3O2/c1-3-16(4-2,15(20)21)9-14-18-12-10-17-8-7-13(12)19(14)11-5-6-11/h7-8,10-11H,3-6,9H2,1-2H3,(H,20,21). The van der Waals surface area contributed by atoms with Gasteiger partial charge in [-0.3, -0.25) is 9.78 Å². The smallest absolute Gasteiger partial charge is 0.310 e. The van der Waals surface area contributed by atoms with Gasteiger partial charge in [0.25, 0.3) is 0 Å². The van der Waals surface area contributed by atoms with Crippen LogP contribution in [0.25, 0.3) is 11.0 Å². The molecule has 0 atom stereocenters. The van der Waals surface area contributed by atoms with Crippen molar-refractivity contribution in [1.82, 2.24) is 14.5 Å². The van der Waals surface area contributed by atoms with E-state index in [9.17, 15) is 9.90 Å². The molecule has 2 heterocycles. The van der Waals surface area contributed by atoms with Crippen LogP contribution >= 0.6 is 0 Å². The lowest BCUT2D eigenvalue weighted by Gasteiger charge is -2.26. The molecule has 0 saturated heterocycles. The molecule has 3 rings (SSSR count). The number of hydrogen-bond donors (Lipinski definition) is 1. The van der Waals surface area contributed by atoms with Gasteiger partial charge in [0.1, 0.15) is 11.3 Å². The first kappa shape index (κ1) is 14.0. The number of carboxylic acids is 1. The zero-order chi connectivity index (χ0) is 15.0. The summed E-state index contributed by atoms with van der Waals surface area (Å²) in [6.45, 7) is 3.90. The van der Waals surface area contributed by atoms with E-state index in [2.05, 4.69) is 14.5 Å². The van der Waals surface area contributed by atoms with Crippen molar-refractivity contribution in [3.63, 3.8) is 0 Å². The lowest BCUT2D eigenvalue weighted by atomic mass is 9.79. The van der Waals surface area contributed by atoms with Crippen molar-refractivity contribution >= 4 is 17.0 Å². The van der Waals surface area contributed by atoms with Crippen LogP contribution in [0.2, 0.25) is 0 Å². The SMILES string of the molecule is CCC(CC)(Cc1nc2cnccc2n1C1CC1)C(=O)O. The van der Waals surface area contributed by atoms with Gasteiger partial charge in [0.2, 0.25) is 0 Å². The second-order valence-corrected chi connectivity index (χ2v) is 5.96. The summed E-state index contributed by atoms with van der Waals surface area (Å²) < 4.78 is 2.24. The Hall–Kier alpha value is -1.91. The molecule has 2 aromatic rings. The molecule has 5 nitrogen and oxygen atoms in total. The Balaban J connectivity index is 2.07. The Bertz CT molecular complexity index is 669.